The fourth-order valence-electron chi connectivity index (χ4n) is 6.56. The summed E-state index contributed by atoms with van der Waals surface area (Å²) in [6.45, 7) is 0. The van der Waals surface area contributed by atoms with E-state index in [0.717, 1.165) is 28.1 Å². The Labute approximate surface area is 241 Å². The highest BCUT2D eigenvalue weighted by Gasteiger charge is 2.19. The second-order valence-electron chi connectivity index (χ2n) is 10.7. The molecule has 0 spiro atoms. The van der Waals surface area contributed by atoms with E-state index in [1.165, 1.54) is 48.9 Å². The van der Waals surface area contributed by atoms with E-state index in [2.05, 4.69) is 135 Å². The summed E-state index contributed by atoms with van der Waals surface area (Å²) in [5.41, 5.74) is 7.97. The number of hydrogen-bond acceptors (Lipinski definition) is 2. The molecule has 196 valence electrons. The third-order valence-corrected chi connectivity index (χ3v) is 8.43. The van der Waals surface area contributed by atoms with E-state index in [0.29, 0.717) is 0 Å². The van der Waals surface area contributed by atoms with Gasteiger partial charge in [-0.1, -0.05) is 72.8 Å². The van der Waals surface area contributed by atoms with Crippen molar-refractivity contribution in [1.29, 1.82) is 0 Å². The first kappa shape index (κ1) is 23.0. The molecule has 0 bridgehead atoms. The molecule has 0 amide bonds. The van der Waals surface area contributed by atoms with E-state index >= 15 is 0 Å². The largest absolute Gasteiger partial charge is 0.309 e. The van der Waals surface area contributed by atoms with Crippen molar-refractivity contribution in [2.24, 2.45) is 0 Å². The maximum absolute atomic E-state index is 5.00. The molecule has 4 nitrogen and oxygen atoms in total. The number of benzene rings is 5. The summed E-state index contributed by atoms with van der Waals surface area (Å²) in [6, 6.07) is 45.5. The highest BCUT2D eigenvalue weighted by Crippen LogP contribution is 2.40. The Morgan fingerprint density at radius 1 is 0.452 bits per heavy atom. The van der Waals surface area contributed by atoms with Crippen molar-refractivity contribution in [2.45, 2.75) is 0 Å². The molecule has 0 aliphatic heterocycles. The predicted octanol–water partition coefficient (Wildman–Crippen LogP) is 9.49. The molecule has 42 heavy (non-hydrogen) atoms. The van der Waals surface area contributed by atoms with Crippen LogP contribution in [0.1, 0.15) is 0 Å². The summed E-state index contributed by atoms with van der Waals surface area (Å²) >= 11 is 0. The van der Waals surface area contributed by atoms with E-state index in [4.69, 9.17) is 4.98 Å². The SMILES string of the molecule is c1ccc(-n2c3ccccc3c3cc4ccc5c6ccccc6n(-c6ccc(-c7cccnc7)cn6)c5c4cc32)cc1. The van der Waals surface area contributed by atoms with Gasteiger partial charge in [0.25, 0.3) is 0 Å². The number of rotatable bonds is 3. The van der Waals surface area contributed by atoms with E-state index < -0.39 is 0 Å². The number of para-hydroxylation sites is 3. The first-order valence-corrected chi connectivity index (χ1v) is 14.2. The van der Waals surface area contributed by atoms with Crippen LogP contribution in [0, 0.1) is 0 Å². The Morgan fingerprint density at radius 3 is 1.95 bits per heavy atom. The van der Waals surface area contributed by atoms with Gasteiger partial charge in [-0.3, -0.25) is 9.55 Å². The lowest BCUT2D eigenvalue weighted by atomic mass is 10.0. The van der Waals surface area contributed by atoms with Gasteiger partial charge < -0.3 is 4.57 Å². The number of fused-ring (bicyclic) bond motifs is 8. The van der Waals surface area contributed by atoms with Crippen LogP contribution in [0.5, 0.6) is 0 Å². The molecule has 0 N–H and O–H groups in total. The maximum Gasteiger partial charge on any atom is 0.137 e. The molecular weight excluding hydrogens is 512 g/mol. The average Bonchev–Trinajstić information content (AvgIpc) is 3.57. The number of nitrogens with zero attached hydrogens (tertiary/aromatic N) is 4. The minimum Gasteiger partial charge on any atom is -0.309 e. The number of pyridine rings is 2. The maximum atomic E-state index is 5.00. The molecule has 4 aromatic heterocycles. The summed E-state index contributed by atoms with van der Waals surface area (Å²) < 4.78 is 4.71. The van der Waals surface area contributed by atoms with Crippen LogP contribution in [0.4, 0.5) is 0 Å². The lowest BCUT2D eigenvalue weighted by Crippen LogP contribution is -1.98. The summed E-state index contributed by atoms with van der Waals surface area (Å²) in [7, 11) is 0. The molecule has 0 saturated heterocycles. The molecule has 4 heteroatoms. The first-order chi connectivity index (χ1) is 20.8. The summed E-state index contributed by atoms with van der Waals surface area (Å²) in [5, 5.41) is 7.36. The molecule has 0 fully saturated rings. The van der Waals surface area contributed by atoms with Gasteiger partial charge in [-0.15, -0.1) is 0 Å². The molecular formula is C38H24N4. The Kier molecular flexibility index (Phi) is 4.87. The van der Waals surface area contributed by atoms with Crippen molar-refractivity contribution in [2.75, 3.05) is 0 Å². The quantitative estimate of drug-likeness (QED) is 0.225. The van der Waals surface area contributed by atoms with Crippen molar-refractivity contribution < 1.29 is 0 Å². The Hall–Kier alpha value is -5.74. The Morgan fingerprint density at radius 2 is 1.19 bits per heavy atom. The van der Waals surface area contributed by atoms with E-state index in [-0.39, 0.29) is 0 Å². The van der Waals surface area contributed by atoms with Crippen molar-refractivity contribution in [1.82, 2.24) is 19.1 Å². The standard InChI is InChI=1S/C38H24N4/c1-2-10-28(11-3-1)41-34-14-6-5-13-30(34)33-21-25-16-18-31-29-12-4-7-15-35(29)42(38(31)32(25)22-36(33)41)37-19-17-27(24-40-37)26-9-8-20-39-23-26/h1-24H. The van der Waals surface area contributed by atoms with Gasteiger partial charge in [-0.25, -0.2) is 4.98 Å². The lowest BCUT2D eigenvalue weighted by Gasteiger charge is -2.11. The van der Waals surface area contributed by atoms with Crippen LogP contribution < -0.4 is 0 Å². The normalized spacial score (nSPS) is 11.8. The molecule has 0 unspecified atom stereocenters. The van der Waals surface area contributed by atoms with Crippen LogP contribution in [0.2, 0.25) is 0 Å². The van der Waals surface area contributed by atoms with Gasteiger partial charge in [0.05, 0.1) is 22.1 Å². The molecule has 0 aliphatic rings. The van der Waals surface area contributed by atoms with E-state index in [1.807, 2.05) is 18.5 Å². The summed E-state index contributed by atoms with van der Waals surface area (Å²) in [6.07, 6.45) is 5.62. The molecule has 4 heterocycles. The highest BCUT2D eigenvalue weighted by atomic mass is 15.1. The molecule has 0 saturated carbocycles. The van der Waals surface area contributed by atoms with Crippen LogP contribution in [0.15, 0.2) is 146 Å². The van der Waals surface area contributed by atoms with Gasteiger partial charge in [0.1, 0.15) is 5.82 Å². The fourth-order valence-corrected chi connectivity index (χ4v) is 6.56. The topological polar surface area (TPSA) is 35.6 Å². The van der Waals surface area contributed by atoms with Crippen molar-refractivity contribution >= 4 is 54.4 Å². The van der Waals surface area contributed by atoms with Gasteiger partial charge in [-0.2, -0.15) is 0 Å². The van der Waals surface area contributed by atoms with Gasteiger partial charge in [0, 0.05) is 62.3 Å². The van der Waals surface area contributed by atoms with Gasteiger partial charge in [0.2, 0.25) is 0 Å². The number of aromatic nitrogens is 4. The average molecular weight is 537 g/mol. The third-order valence-electron chi connectivity index (χ3n) is 8.43. The Balaban J connectivity index is 1.39. The second kappa shape index (κ2) is 8.88. The van der Waals surface area contributed by atoms with Crippen LogP contribution >= 0.6 is 0 Å². The summed E-state index contributed by atoms with van der Waals surface area (Å²) in [5.74, 6) is 0.894. The minimum atomic E-state index is 0.894. The zero-order valence-corrected chi connectivity index (χ0v) is 22.6. The van der Waals surface area contributed by atoms with Gasteiger partial charge in [0.15, 0.2) is 0 Å². The smallest absolute Gasteiger partial charge is 0.137 e. The van der Waals surface area contributed by atoms with E-state index in [9.17, 15) is 0 Å². The Bertz CT molecular complexity index is 2430. The molecule has 9 rings (SSSR count). The second-order valence-corrected chi connectivity index (χ2v) is 10.7. The predicted molar refractivity (Wildman–Crippen MR) is 174 cm³/mol. The van der Waals surface area contributed by atoms with Gasteiger partial charge >= 0.3 is 0 Å². The van der Waals surface area contributed by atoms with Crippen molar-refractivity contribution in [3.63, 3.8) is 0 Å². The molecule has 0 atom stereocenters. The highest BCUT2D eigenvalue weighted by molar-refractivity contribution is 6.22. The fraction of sp³-hybridized carbons (Fsp3) is 0. The van der Waals surface area contributed by atoms with Crippen LogP contribution in [-0.2, 0) is 0 Å². The number of hydrogen-bond donors (Lipinski definition) is 0. The summed E-state index contributed by atoms with van der Waals surface area (Å²) in [4.78, 5) is 9.28. The lowest BCUT2D eigenvalue weighted by molar-refractivity contribution is 1.08. The molecule has 9 aromatic rings. The van der Waals surface area contributed by atoms with Crippen LogP contribution in [0.25, 0.3) is 77.0 Å². The molecule has 0 aliphatic carbocycles. The van der Waals surface area contributed by atoms with Crippen molar-refractivity contribution in [3.05, 3.63) is 146 Å². The van der Waals surface area contributed by atoms with Crippen molar-refractivity contribution in [3.8, 4) is 22.6 Å². The zero-order chi connectivity index (χ0) is 27.6. The van der Waals surface area contributed by atoms with Crippen LogP contribution in [0.3, 0.4) is 0 Å². The molecule has 0 radical (unpaired) electrons. The monoisotopic (exact) mass is 536 g/mol. The van der Waals surface area contributed by atoms with E-state index in [1.54, 1.807) is 6.20 Å². The zero-order valence-electron chi connectivity index (χ0n) is 22.6. The third kappa shape index (κ3) is 3.29. The van der Waals surface area contributed by atoms with Crippen LogP contribution in [-0.4, -0.2) is 19.1 Å². The first-order valence-electron chi connectivity index (χ1n) is 14.2. The minimum absolute atomic E-state index is 0.894. The van der Waals surface area contributed by atoms with Gasteiger partial charge in [-0.05, 0) is 60.0 Å². The molecule has 5 aromatic carbocycles.